The Morgan fingerprint density at radius 2 is 2.27 bits per heavy atom. The van der Waals surface area contributed by atoms with Crippen molar-refractivity contribution >= 4 is 29.3 Å². The smallest absolute Gasteiger partial charge is 0.235 e. The van der Waals surface area contributed by atoms with E-state index in [4.69, 9.17) is 11.6 Å². The Labute approximate surface area is 137 Å². The summed E-state index contributed by atoms with van der Waals surface area (Å²) in [6.45, 7) is 1.90. The number of hydrogen-bond acceptors (Lipinski definition) is 4. The van der Waals surface area contributed by atoms with E-state index in [1.165, 1.54) is 28.8 Å². The van der Waals surface area contributed by atoms with Crippen LogP contribution in [0.3, 0.4) is 0 Å². The lowest BCUT2D eigenvalue weighted by Gasteiger charge is -2.21. The summed E-state index contributed by atoms with van der Waals surface area (Å²) in [5, 5.41) is 8.31. The maximum atomic E-state index is 13.8. The first kappa shape index (κ1) is 16.8. The highest BCUT2D eigenvalue weighted by molar-refractivity contribution is 8.00. The normalized spacial score (nSPS) is 12.2. The van der Waals surface area contributed by atoms with Crippen LogP contribution < -0.4 is 0 Å². The van der Waals surface area contributed by atoms with Crippen LogP contribution in [0.1, 0.15) is 12.5 Å². The van der Waals surface area contributed by atoms with Crippen LogP contribution in [0.15, 0.2) is 29.7 Å². The molecular formula is C14H16ClFN4OS. The van der Waals surface area contributed by atoms with E-state index in [9.17, 15) is 9.18 Å². The van der Waals surface area contributed by atoms with Crippen molar-refractivity contribution < 1.29 is 9.18 Å². The summed E-state index contributed by atoms with van der Waals surface area (Å²) in [6.07, 6.45) is 1.57. The van der Waals surface area contributed by atoms with Gasteiger partial charge in [-0.1, -0.05) is 29.4 Å². The van der Waals surface area contributed by atoms with Crippen molar-refractivity contribution in [3.8, 4) is 0 Å². The molecule has 5 nitrogen and oxygen atoms in total. The molecular weight excluding hydrogens is 327 g/mol. The number of nitrogens with zero attached hydrogens (tertiary/aromatic N) is 4. The number of rotatable bonds is 5. The highest BCUT2D eigenvalue weighted by Crippen LogP contribution is 2.24. The van der Waals surface area contributed by atoms with Gasteiger partial charge in [0.2, 0.25) is 5.91 Å². The van der Waals surface area contributed by atoms with E-state index >= 15 is 0 Å². The molecule has 22 heavy (non-hydrogen) atoms. The second kappa shape index (κ2) is 7.11. The van der Waals surface area contributed by atoms with E-state index in [0.717, 1.165) is 0 Å². The zero-order chi connectivity index (χ0) is 16.3. The van der Waals surface area contributed by atoms with Crippen LogP contribution in [0.5, 0.6) is 0 Å². The molecule has 1 atom stereocenters. The molecule has 2 aromatic rings. The zero-order valence-electron chi connectivity index (χ0n) is 12.5. The van der Waals surface area contributed by atoms with Crippen molar-refractivity contribution in [3.05, 3.63) is 40.9 Å². The van der Waals surface area contributed by atoms with Gasteiger partial charge in [-0.05, 0) is 19.1 Å². The van der Waals surface area contributed by atoms with Gasteiger partial charge < -0.3 is 9.47 Å². The number of aryl methyl sites for hydroxylation is 1. The van der Waals surface area contributed by atoms with Crippen molar-refractivity contribution in [3.63, 3.8) is 0 Å². The Balaban J connectivity index is 2.04. The Hall–Kier alpha value is -1.60. The third kappa shape index (κ3) is 3.78. The topological polar surface area (TPSA) is 51.0 Å². The number of carbonyl (C=O) groups excluding carboxylic acids is 1. The first-order chi connectivity index (χ1) is 10.4. The standard InChI is InChI=1S/C14H16ClFN4OS/c1-9(22-14-18-17-8-20(14)3)13(21)19(2)7-10-11(15)5-4-6-12(10)16/h4-6,8-9H,7H2,1-3H3. The predicted octanol–water partition coefficient (Wildman–Crippen LogP) is 2.75. The zero-order valence-corrected chi connectivity index (χ0v) is 14.0. The lowest BCUT2D eigenvalue weighted by Crippen LogP contribution is -2.33. The van der Waals surface area contributed by atoms with Crippen molar-refractivity contribution in [2.24, 2.45) is 7.05 Å². The predicted molar refractivity (Wildman–Crippen MR) is 84.2 cm³/mol. The molecule has 1 aromatic heterocycles. The molecule has 0 saturated carbocycles. The summed E-state index contributed by atoms with van der Waals surface area (Å²) in [7, 11) is 3.43. The summed E-state index contributed by atoms with van der Waals surface area (Å²) < 4.78 is 15.5. The monoisotopic (exact) mass is 342 g/mol. The molecule has 0 aliphatic carbocycles. The fourth-order valence-electron chi connectivity index (χ4n) is 1.90. The molecule has 0 saturated heterocycles. The molecule has 1 aromatic carbocycles. The van der Waals surface area contributed by atoms with E-state index in [1.54, 1.807) is 30.9 Å². The molecule has 0 bridgehead atoms. The van der Waals surface area contributed by atoms with Gasteiger partial charge in [0.05, 0.1) is 5.25 Å². The highest BCUT2D eigenvalue weighted by Gasteiger charge is 2.22. The maximum absolute atomic E-state index is 13.8. The molecule has 1 heterocycles. The lowest BCUT2D eigenvalue weighted by atomic mass is 10.2. The van der Waals surface area contributed by atoms with Crippen molar-refractivity contribution in [2.45, 2.75) is 23.9 Å². The van der Waals surface area contributed by atoms with Gasteiger partial charge in [0.1, 0.15) is 12.1 Å². The summed E-state index contributed by atoms with van der Waals surface area (Å²) in [6, 6.07) is 4.48. The SMILES string of the molecule is CC(Sc1nncn1C)C(=O)N(C)Cc1c(F)cccc1Cl. The molecule has 2 rings (SSSR count). The minimum atomic E-state index is -0.416. The van der Waals surface area contributed by atoms with Crippen molar-refractivity contribution in [2.75, 3.05) is 7.05 Å². The molecule has 1 unspecified atom stereocenters. The van der Waals surface area contributed by atoms with Crippen molar-refractivity contribution in [1.82, 2.24) is 19.7 Å². The average molecular weight is 343 g/mol. The minimum absolute atomic E-state index is 0.119. The van der Waals surface area contributed by atoms with Gasteiger partial charge in [-0.3, -0.25) is 4.79 Å². The molecule has 1 amide bonds. The van der Waals surface area contributed by atoms with E-state index < -0.39 is 5.82 Å². The lowest BCUT2D eigenvalue weighted by molar-refractivity contribution is -0.129. The number of thioether (sulfide) groups is 1. The largest absolute Gasteiger partial charge is 0.340 e. The van der Waals surface area contributed by atoms with Crippen LogP contribution in [-0.4, -0.2) is 37.9 Å². The Kier molecular flexibility index (Phi) is 5.42. The minimum Gasteiger partial charge on any atom is -0.340 e. The average Bonchev–Trinajstić information content (AvgIpc) is 2.87. The van der Waals surface area contributed by atoms with Gasteiger partial charge in [-0.25, -0.2) is 4.39 Å². The van der Waals surface area contributed by atoms with Crippen LogP contribution >= 0.6 is 23.4 Å². The van der Waals surface area contributed by atoms with Crippen molar-refractivity contribution in [1.29, 1.82) is 0 Å². The van der Waals surface area contributed by atoms with Gasteiger partial charge in [-0.2, -0.15) is 0 Å². The fourth-order valence-corrected chi connectivity index (χ4v) is 3.02. The van der Waals surface area contributed by atoms with E-state index in [2.05, 4.69) is 10.2 Å². The van der Waals surface area contributed by atoms with E-state index in [-0.39, 0.29) is 17.7 Å². The first-order valence-corrected chi connectivity index (χ1v) is 7.84. The molecule has 0 fully saturated rings. The number of aromatic nitrogens is 3. The second-order valence-corrected chi connectivity index (χ2v) is 6.59. The molecule has 0 aliphatic rings. The third-order valence-corrected chi connectivity index (χ3v) is 4.62. The highest BCUT2D eigenvalue weighted by atomic mass is 35.5. The summed E-state index contributed by atoms with van der Waals surface area (Å²) >= 11 is 7.29. The van der Waals surface area contributed by atoms with Gasteiger partial charge in [-0.15, -0.1) is 10.2 Å². The number of benzene rings is 1. The quantitative estimate of drug-likeness (QED) is 0.784. The molecule has 0 spiro atoms. The van der Waals surface area contributed by atoms with Gasteiger partial charge in [0.25, 0.3) is 0 Å². The molecule has 0 aliphatic heterocycles. The number of carbonyl (C=O) groups is 1. The maximum Gasteiger partial charge on any atom is 0.235 e. The third-order valence-electron chi connectivity index (χ3n) is 3.13. The van der Waals surface area contributed by atoms with Gasteiger partial charge in [0, 0.05) is 31.2 Å². The number of halogens is 2. The summed E-state index contributed by atoms with van der Waals surface area (Å²) in [4.78, 5) is 13.8. The van der Waals surface area contributed by atoms with Crippen LogP contribution in [0.4, 0.5) is 4.39 Å². The van der Waals surface area contributed by atoms with Gasteiger partial charge in [0.15, 0.2) is 5.16 Å². The molecule has 8 heteroatoms. The summed E-state index contributed by atoms with van der Waals surface area (Å²) in [5.41, 5.74) is 0.316. The number of amides is 1. The molecule has 118 valence electrons. The number of hydrogen-bond donors (Lipinski definition) is 0. The molecule has 0 radical (unpaired) electrons. The van der Waals surface area contributed by atoms with Crippen LogP contribution in [0, 0.1) is 5.82 Å². The first-order valence-electron chi connectivity index (χ1n) is 6.58. The van der Waals surface area contributed by atoms with Crippen LogP contribution in [0.25, 0.3) is 0 Å². The van der Waals surface area contributed by atoms with Gasteiger partial charge >= 0.3 is 0 Å². The van der Waals surface area contributed by atoms with E-state index in [1.807, 2.05) is 7.05 Å². The Morgan fingerprint density at radius 3 is 2.86 bits per heavy atom. The molecule has 0 N–H and O–H groups in total. The summed E-state index contributed by atoms with van der Waals surface area (Å²) in [5.74, 6) is -0.548. The fraction of sp³-hybridized carbons (Fsp3) is 0.357. The van der Waals surface area contributed by atoms with Crippen LogP contribution in [0.2, 0.25) is 5.02 Å². The Morgan fingerprint density at radius 1 is 1.55 bits per heavy atom. The Bertz CT molecular complexity index is 658. The van der Waals surface area contributed by atoms with E-state index in [0.29, 0.717) is 15.7 Å². The second-order valence-electron chi connectivity index (χ2n) is 4.88. The van der Waals surface area contributed by atoms with Crippen LogP contribution in [-0.2, 0) is 18.4 Å².